The van der Waals surface area contributed by atoms with Gasteiger partial charge in [-0.3, -0.25) is 0 Å². The normalized spacial score (nSPS) is 9.65. The zero-order chi connectivity index (χ0) is 12.3. The molecule has 0 aliphatic carbocycles. The van der Waals surface area contributed by atoms with Crippen LogP contribution >= 0.6 is 11.3 Å². The minimum atomic E-state index is -0.924. The summed E-state index contributed by atoms with van der Waals surface area (Å²) in [5, 5.41) is 12.3. The SMILES string of the molecule is [N-]=[N+]=Nc1ccc(-c2ccc(C(=O)O)s2)cc1. The van der Waals surface area contributed by atoms with Gasteiger partial charge in [0.2, 0.25) is 0 Å². The fraction of sp³-hybridized carbons (Fsp3) is 0. The van der Waals surface area contributed by atoms with E-state index in [-0.39, 0.29) is 0 Å². The van der Waals surface area contributed by atoms with Crippen LogP contribution in [0.4, 0.5) is 5.69 Å². The second kappa shape index (κ2) is 4.69. The van der Waals surface area contributed by atoms with Gasteiger partial charge in [0.1, 0.15) is 4.88 Å². The molecule has 0 saturated heterocycles. The number of rotatable bonds is 3. The highest BCUT2D eigenvalue weighted by Crippen LogP contribution is 2.29. The Kier molecular flexibility index (Phi) is 3.09. The van der Waals surface area contributed by atoms with Crippen LogP contribution in [0, 0.1) is 0 Å². The summed E-state index contributed by atoms with van der Waals surface area (Å²) >= 11 is 1.21. The highest BCUT2D eigenvalue weighted by atomic mass is 32.1. The quantitative estimate of drug-likeness (QED) is 0.502. The number of aromatic carboxylic acids is 1. The predicted molar refractivity (Wildman–Crippen MR) is 65.5 cm³/mol. The Morgan fingerprint density at radius 2 is 1.94 bits per heavy atom. The standard InChI is InChI=1S/C11H7N3O2S/c12-14-13-8-3-1-7(2-4-8)9-5-6-10(17-9)11(15)16/h1-6H,(H,15,16). The van der Waals surface area contributed by atoms with E-state index in [1.54, 1.807) is 36.4 Å². The zero-order valence-electron chi connectivity index (χ0n) is 8.57. The largest absolute Gasteiger partial charge is 0.477 e. The molecule has 0 bridgehead atoms. The third-order valence-electron chi connectivity index (χ3n) is 2.13. The second-order valence-electron chi connectivity index (χ2n) is 3.21. The van der Waals surface area contributed by atoms with Crippen LogP contribution in [-0.4, -0.2) is 11.1 Å². The first-order valence-corrected chi connectivity index (χ1v) is 5.51. The Morgan fingerprint density at radius 1 is 1.24 bits per heavy atom. The maximum Gasteiger partial charge on any atom is 0.345 e. The van der Waals surface area contributed by atoms with Crippen LogP contribution < -0.4 is 0 Å². The fourth-order valence-corrected chi connectivity index (χ4v) is 2.20. The minimum Gasteiger partial charge on any atom is -0.477 e. The minimum absolute atomic E-state index is 0.305. The van der Waals surface area contributed by atoms with Gasteiger partial charge in [0.15, 0.2) is 0 Å². The van der Waals surface area contributed by atoms with E-state index in [0.717, 1.165) is 10.4 Å². The van der Waals surface area contributed by atoms with Crippen LogP contribution in [0.15, 0.2) is 41.5 Å². The lowest BCUT2D eigenvalue weighted by Gasteiger charge is -1.97. The molecule has 0 saturated carbocycles. The lowest BCUT2D eigenvalue weighted by molar-refractivity contribution is 0.0702. The van der Waals surface area contributed by atoms with E-state index in [1.807, 2.05) is 0 Å². The first-order valence-electron chi connectivity index (χ1n) is 4.69. The third-order valence-corrected chi connectivity index (χ3v) is 3.25. The van der Waals surface area contributed by atoms with Crippen LogP contribution in [0.3, 0.4) is 0 Å². The van der Waals surface area contributed by atoms with Gasteiger partial charge < -0.3 is 5.11 Å². The lowest BCUT2D eigenvalue weighted by atomic mass is 10.2. The monoisotopic (exact) mass is 245 g/mol. The Balaban J connectivity index is 2.32. The van der Waals surface area contributed by atoms with Crippen LogP contribution in [0.5, 0.6) is 0 Å². The maximum atomic E-state index is 10.7. The van der Waals surface area contributed by atoms with Crippen LogP contribution in [0.1, 0.15) is 9.67 Å². The van der Waals surface area contributed by atoms with Gasteiger partial charge in [-0.05, 0) is 23.2 Å². The molecule has 2 aromatic rings. The molecule has 17 heavy (non-hydrogen) atoms. The van der Waals surface area contributed by atoms with Crippen molar-refractivity contribution < 1.29 is 9.90 Å². The summed E-state index contributed by atoms with van der Waals surface area (Å²) in [6.45, 7) is 0. The molecule has 0 unspecified atom stereocenters. The molecule has 2 rings (SSSR count). The van der Waals surface area contributed by atoms with Crippen molar-refractivity contribution in [2.24, 2.45) is 5.11 Å². The molecule has 1 aromatic carbocycles. The molecular formula is C11H7N3O2S. The molecule has 1 aromatic heterocycles. The highest BCUT2D eigenvalue weighted by Gasteiger charge is 2.07. The van der Waals surface area contributed by atoms with Gasteiger partial charge in [0, 0.05) is 15.5 Å². The second-order valence-corrected chi connectivity index (χ2v) is 4.29. The van der Waals surface area contributed by atoms with Crippen molar-refractivity contribution in [3.05, 3.63) is 51.7 Å². The van der Waals surface area contributed by atoms with Crippen molar-refractivity contribution >= 4 is 23.0 Å². The van der Waals surface area contributed by atoms with Gasteiger partial charge >= 0.3 is 5.97 Å². The van der Waals surface area contributed by atoms with E-state index in [2.05, 4.69) is 10.0 Å². The topological polar surface area (TPSA) is 86.1 Å². The Hall–Kier alpha value is -2.30. The van der Waals surface area contributed by atoms with Crippen LogP contribution in [0.25, 0.3) is 20.9 Å². The summed E-state index contributed by atoms with van der Waals surface area (Å²) in [7, 11) is 0. The first kappa shape index (κ1) is 11.2. The number of benzene rings is 1. The maximum absolute atomic E-state index is 10.7. The van der Waals surface area contributed by atoms with Crippen molar-refractivity contribution in [3.63, 3.8) is 0 Å². The molecule has 1 N–H and O–H groups in total. The average molecular weight is 245 g/mol. The molecule has 0 radical (unpaired) electrons. The number of thiophene rings is 1. The summed E-state index contributed by atoms with van der Waals surface area (Å²) in [6, 6.07) is 10.3. The number of azide groups is 1. The number of carboxylic acid groups (broad SMARTS) is 1. The number of nitrogens with zero attached hydrogens (tertiary/aromatic N) is 3. The third kappa shape index (κ3) is 2.44. The summed E-state index contributed by atoms with van der Waals surface area (Å²) in [5.41, 5.74) is 9.70. The van der Waals surface area contributed by atoms with E-state index >= 15 is 0 Å². The molecule has 5 nitrogen and oxygen atoms in total. The van der Waals surface area contributed by atoms with E-state index < -0.39 is 5.97 Å². The van der Waals surface area contributed by atoms with Crippen molar-refractivity contribution in [3.8, 4) is 10.4 Å². The summed E-state index contributed by atoms with van der Waals surface area (Å²) in [5.74, 6) is -0.924. The van der Waals surface area contributed by atoms with Gasteiger partial charge in [0.25, 0.3) is 0 Å². The molecule has 1 heterocycles. The molecule has 0 aliphatic heterocycles. The van der Waals surface area contributed by atoms with Gasteiger partial charge in [0.05, 0.1) is 0 Å². The lowest BCUT2D eigenvalue weighted by Crippen LogP contribution is -1.89. The molecule has 0 spiro atoms. The molecular weight excluding hydrogens is 238 g/mol. The van der Waals surface area contributed by atoms with Crippen molar-refractivity contribution in [1.82, 2.24) is 0 Å². The van der Waals surface area contributed by atoms with E-state index in [0.29, 0.717) is 10.6 Å². The number of hydrogen-bond acceptors (Lipinski definition) is 3. The smallest absolute Gasteiger partial charge is 0.345 e. The van der Waals surface area contributed by atoms with Crippen molar-refractivity contribution in [2.75, 3.05) is 0 Å². The molecule has 6 heteroatoms. The van der Waals surface area contributed by atoms with Gasteiger partial charge in [-0.25, -0.2) is 4.79 Å². The fourth-order valence-electron chi connectivity index (χ4n) is 1.35. The summed E-state index contributed by atoms with van der Waals surface area (Å²) < 4.78 is 0. The van der Waals surface area contributed by atoms with E-state index in [4.69, 9.17) is 10.6 Å². The van der Waals surface area contributed by atoms with Crippen LogP contribution in [0.2, 0.25) is 0 Å². The zero-order valence-corrected chi connectivity index (χ0v) is 9.39. The number of carbonyl (C=O) groups is 1. The Bertz CT molecular complexity index is 597. The average Bonchev–Trinajstić information content (AvgIpc) is 2.80. The van der Waals surface area contributed by atoms with E-state index in [1.165, 1.54) is 11.3 Å². The number of hydrogen-bond donors (Lipinski definition) is 1. The summed E-state index contributed by atoms with van der Waals surface area (Å²) in [4.78, 5) is 14.6. The summed E-state index contributed by atoms with van der Waals surface area (Å²) in [6.07, 6.45) is 0. The number of carboxylic acids is 1. The Labute approximate surface area is 101 Å². The first-order chi connectivity index (χ1) is 8.20. The highest BCUT2D eigenvalue weighted by molar-refractivity contribution is 7.17. The predicted octanol–water partition coefficient (Wildman–Crippen LogP) is 4.06. The molecule has 0 atom stereocenters. The van der Waals surface area contributed by atoms with Gasteiger partial charge in [-0.15, -0.1) is 11.3 Å². The molecule has 0 amide bonds. The van der Waals surface area contributed by atoms with Crippen molar-refractivity contribution in [1.29, 1.82) is 0 Å². The van der Waals surface area contributed by atoms with Gasteiger partial charge in [-0.1, -0.05) is 29.4 Å². The molecule has 0 aliphatic rings. The molecule has 0 fully saturated rings. The van der Waals surface area contributed by atoms with E-state index in [9.17, 15) is 4.79 Å². The van der Waals surface area contributed by atoms with Crippen LogP contribution in [-0.2, 0) is 0 Å². The van der Waals surface area contributed by atoms with Gasteiger partial charge in [-0.2, -0.15) is 0 Å². The van der Waals surface area contributed by atoms with Crippen molar-refractivity contribution in [2.45, 2.75) is 0 Å². The Morgan fingerprint density at radius 3 is 2.47 bits per heavy atom. The molecule has 84 valence electrons.